The molecule has 4 atom stereocenters. The van der Waals surface area contributed by atoms with E-state index in [4.69, 9.17) is 0 Å². The average Bonchev–Trinajstić information content (AvgIpc) is 2.90. The number of nitrogens with zero attached hydrogens (tertiary/aromatic N) is 5. The Morgan fingerprint density at radius 1 is 1.00 bits per heavy atom. The molecule has 10 nitrogen and oxygen atoms in total. The molecule has 4 aliphatic rings. The molecule has 5 rings (SSSR count). The molecule has 218 valence electrons. The molecule has 0 aliphatic carbocycles. The number of carbonyl (C=O) groups is 2. The molecule has 0 spiro atoms. The smallest absolute Gasteiger partial charge is 0.303 e. The van der Waals surface area contributed by atoms with E-state index >= 15 is 0 Å². The number of carbonyl (C=O) groups excluding carboxylic acids is 1. The predicted octanol–water partition coefficient (Wildman–Crippen LogP) is 3.52. The third kappa shape index (κ3) is 6.96. The number of hydrogen-bond donors (Lipinski definition) is 1. The summed E-state index contributed by atoms with van der Waals surface area (Å²) < 4.78 is 0. The van der Waals surface area contributed by atoms with Crippen molar-refractivity contribution in [3.05, 3.63) is 34.4 Å². The average molecular weight is 587 g/mol. The fourth-order valence-electron chi connectivity index (χ4n) is 7.43. The molecular formula is C27H41Cl2N5O5. The van der Waals surface area contributed by atoms with E-state index in [2.05, 4.69) is 14.7 Å². The topological polar surface area (TPSA) is 110 Å². The molecule has 1 aromatic rings. The quantitative estimate of drug-likeness (QED) is 0.364. The summed E-state index contributed by atoms with van der Waals surface area (Å²) in [5.41, 5.74) is 0.756. The van der Waals surface area contributed by atoms with Crippen molar-refractivity contribution in [1.29, 1.82) is 0 Å². The highest BCUT2D eigenvalue weighted by Gasteiger charge is 2.49. The fraction of sp³-hybridized carbons (Fsp3) is 0.704. The Bertz CT molecular complexity index is 1010. The molecule has 0 saturated carbocycles. The van der Waals surface area contributed by atoms with E-state index < -0.39 is 5.97 Å². The molecule has 4 aliphatic heterocycles. The lowest BCUT2D eigenvalue weighted by atomic mass is 9.69. The van der Waals surface area contributed by atoms with Crippen LogP contribution in [0.25, 0.3) is 0 Å². The van der Waals surface area contributed by atoms with Gasteiger partial charge in [0.1, 0.15) is 5.69 Å². The van der Waals surface area contributed by atoms with E-state index in [1.807, 2.05) is 11.0 Å². The van der Waals surface area contributed by atoms with Crippen molar-refractivity contribution >= 4 is 48.1 Å². The van der Waals surface area contributed by atoms with Crippen LogP contribution in [0.15, 0.2) is 24.3 Å². The minimum Gasteiger partial charge on any atom is -0.481 e. The molecule has 4 saturated heterocycles. The number of piperazine rings is 1. The first kappa shape index (κ1) is 31.4. The first-order valence-electron chi connectivity index (χ1n) is 13.9. The van der Waals surface area contributed by atoms with E-state index in [9.17, 15) is 24.8 Å². The number of hydrogen-bond acceptors (Lipinski definition) is 7. The molecule has 0 radical (unpaired) electrons. The maximum atomic E-state index is 13.8. The zero-order valence-electron chi connectivity index (χ0n) is 22.4. The van der Waals surface area contributed by atoms with Gasteiger partial charge in [-0.25, -0.2) is 0 Å². The summed E-state index contributed by atoms with van der Waals surface area (Å²) in [7, 11) is 0. The molecule has 4 heterocycles. The van der Waals surface area contributed by atoms with Gasteiger partial charge < -0.3 is 14.9 Å². The second kappa shape index (κ2) is 14.0. The van der Waals surface area contributed by atoms with Crippen LogP contribution in [0.4, 0.5) is 11.4 Å². The molecule has 0 bridgehead atoms. The maximum Gasteiger partial charge on any atom is 0.303 e. The predicted molar refractivity (Wildman–Crippen MR) is 154 cm³/mol. The van der Waals surface area contributed by atoms with Crippen LogP contribution in [0, 0.1) is 22.0 Å². The lowest BCUT2D eigenvalue weighted by Crippen LogP contribution is -2.66. The molecular weight excluding hydrogens is 545 g/mol. The summed E-state index contributed by atoms with van der Waals surface area (Å²) in [5.74, 6) is 0.321. The third-order valence-electron chi connectivity index (χ3n) is 9.03. The molecule has 1 N–H and O–H groups in total. The van der Waals surface area contributed by atoms with Gasteiger partial charge in [-0.1, -0.05) is 12.1 Å². The number of nitro groups is 1. The maximum absolute atomic E-state index is 13.8. The zero-order valence-corrected chi connectivity index (χ0v) is 24.0. The number of carboxylic acids is 1. The van der Waals surface area contributed by atoms with Gasteiger partial charge in [0.25, 0.3) is 5.69 Å². The number of benzene rings is 1. The SMILES string of the molecule is Cl.Cl.O=C(O)CCCC1C2CCCN3CCCC(CN1C(=O)CN1CCN(c4ccccc4[N+](=O)[O-])CC1)C23. The van der Waals surface area contributed by atoms with Gasteiger partial charge in [0.05, 0.1) is 11.5 Å². The molecule has 1 amide bonds. The van der Waals surface area contributed by atoms with Crippen molar-refractivity contribution < 1.29 is 19.6 Å². The monoisotopic (exact) mass is 585 g/mol. The number of piperidine rings is 3. The Balaban J connectivity index is 0.00000210. The minimum atomic E-state index is -0.772. The molecule has 1 aromatic carbocycles. The summed E-state index contributed by atoms with van der Waals surface area (Å²) in [5, 5.41) is 20.7. The van der Waals surface area contributed by atoms with Gasteiger partial charge in [-0.05, 0) is 69.5 Å². The largest absolute Gasteiger partial charge is 0.481 e. The number of halogens is 2. The van der Waals surface area contributed by atoms with E-state index in [-0.39, 0.29) is 53.8 Å². The van der Waals surface area contributed by atoms with Crippen LogP contribution >= 0.6 is 24.8 Å². The van der Waals surface area contributed by atoms with Crippen molar-refractivity contribution in [2.45, 2.75) is 57.0 Å². The Hall–Kier alpha value is -2.14. The zero-order chi connectivity index (χ0) is 25.9. The van der Waals surface area contributed by atoms with Crippen molar-refractivity contribution in [1.82, 2.24) is 14.7 Å². The van der Waals surface area contributed by atoms with Crippen LogP contribution in [0.5, 0.6) is 0 Å². The summed E-state index contributed by atoms with van der Waals surface area (Å²) in [6.45, 7) is 6.08. The van der Waals surface area contributed by atoms with Crippen molar-refractivity contribution in [3.8, 4) is 0 Å². The van der Waals surface area contributed by atoms with Gasteiger partial charge in [0.15, 0.2) is 0 Å². The summed E-state index contributed by atoms with van der Waals surface area (Å²) >= 11 is 0. The standard InChI is InChI=1S/C27H39N5O5.2ClH/c33-25(19-28-14-16-29(17-15-28)23-8-1-2-9-24(23)32(36)37)31-18-20-6-4-12-30-13-5-7-21(27(20)30)22(31)10-3-11-26(34)35;;/h1-2,8-9,20-22,27H,3-7,10-19H2,(H,34,35);2*1H. The number of aliphatic carboxylic acids is 1. The van der Waals surface area contributed by atoms with Gasteiger partial charge in [0, 0.05) is 57.3 Å². The van der Waals surface area contributed by atoms with Crippen LogP contribution in [0.2, 0.25) is 0 Å². The summed E-state index contributed by atoms with van der Waals surface area (Å²) in [6, 6.07) is 7.49. The lowest BCUT2D eigenvalue weighted by Gasteiger charge is -2.57. The van der Waals surface area contributed by atoms with Crippen LogP contribution in [-0.2, 0) is 9.59 Å². The van der Waals surface area contributed by atoms with Crippen molar-refractivity contribution in [2.24, 2.45) is 11.8 Å². The number of nitro benzene ring substituents is 1. The first-order chi connectivity index (χ1) is 17.9. The Labute approximate surface area is 242 Å². The van der Waals surface area contributed by atoms with E-state index in [1.165, 1.54) is 12.5 Å². The number of anilines is 1. The number of para-hydroxylation sites is 2. The molecule has 4 unspecified atom stereocenters. The van der Waals surface area contributed by atoms with Gasteiger partial charge >= 0.3 is 5.97 Å². The van der Waals surface area contributed by atoms with E-state index in [0.717, 1.165) is 45.3 Å². The summed E-state index contributed by atoms with van der Waals surface area (Å²) in [6.07, 6.45) is 6.13. The second-order valence-corrected chi connectivity index (χ2v) is 11.1. The Kier molecular flexibility index (Phi) is 11.2. The molecule has 4 fully saturated rings. The summed E-state index contributed by atoms with van der Waals surface area (Å²) in [4.78, 5) is 45.1. The lowest BCUT2D eigenvalue weighted by molar-refractivity contribution is -0.384. The van der Waals surface area contributed by atoms with Gasteiger partial charge in [-0.2, -0.15) is 0 Å². The van der Waals surface area contributed by atoms with Gasteiger partial charge in [0.2, 0.25) is 5.91 Å². The van der Waals surface area contributed by atoms with Crippen LogP contribution in [0.1, 0.15) is 44.9 Å². The Morgan fingerprint density at radius 2 is 1.69 bits per heavy atom. The molecule has 12 heteroatoms. The van der Waals surface area contributed by atoms with E-state index in [0.29, 0.717) is 62.7 Å². The number of amides is 1. The van der Waals surface area contributed by atoms with Gasteiger partial charge in [-0.3, -0.25) is 29.5 Å². The minimum absolute atomic E-state index is 0. The highest BCUT2D eigenvalue weighted by atomic mass is 35.5. The number of carboxylic acid groups (broad SMARTS) is 1. The number of likely N-dealkylation sites (tertiary alicyclic amines) is 1. The molecule has 39 heavy (non-hydrogen) atoms. The van der Waals surface area contributed by atoms with Crippen LogP contribution in [-0.4, -0.2) is 101 Å². The highest BCUT2D eigenvalue weighted by Crippen LogP contribution is 2.43. The van der Waals surface area contributed by atoms with Crippen molar-refractivity contribution in [2.75, 3.05) is 57.3 Å². The molecule has 0 aromatic heterocycles. The van der Waals surface area contributed by atoms with E-state index in [1.54, 1.807) is 12.1 Å². The van der Waals surface area contributed by atoms with Crippen LogP contribution < -0.4 is 4.90 Å². The Morgan fingerprint density at radius 3 is 2.38 bits per heavy atom. The first-order valence-corrected chi connectivity index (χ1v) is 13.9. The third-order valence-corrected chi connectivity index (χ3v) is 9.03. The fourth-order valence-corrected chi connectivity index (χ4v) is 7.43. The second-order valence-electron chi connectivity index (χ2n) is 11.1. The normalized spacial score (nSPS) is 27.1. The highest BCUT2D eigenvalue weighted by molar-refractivity contribution is 5.85. The van der Waals surface area contributed by atoms with Crippen molar-refractivity contribution in [3.63, 3.8) is 0 Å². The van der Waals surface area contributed by atoms with Crippen LogP contribution in [0.3, 0.4) is 0 Å². The number of rotatable bonds is 8. The van der Waals surface area contributed by atoms with Gasteiger partial charge in [-0.15, -0.1) is 24.8 Å².